The minimum absolute atomic E-state index is 0. The van der Waals surface area contributed by atoms with Gasteiger partial charge in [-0.25, -0.2) is 0 Å². The molecule has 0 rings (SSSR count). The number of nitrogens with zero attached hydrogens (tertiary/aromatic N) is 1. The number of hydrogen-bond donors (Lipinski definition) is 0. The molecule has 0 radical (unpaired) electrons. The van der Waals surface area contributed by atoms with Gasteiger partial charge in [0, 0.05) is 0 Å². The smallest absolute Gasteiger partial charge is 0.0782 e. The average Bonchev–Trinajstić information content (AvgIpc) is 2.82. The van der Waals surface area contributed by atoms with Crippen LogP contribution in [0.25, 0.3) is 0 Å². The van der Waals surface area contributed by atoms with E-state index in [4.69, 9.17) is 0 Å². The molecule has 0 spiro atoms. The lowest BCUT2D eigenvalue weighted by atomic mass is 10.0. The maximum atomic E-state index is 2.46. The lowest BCUT2D eigenvalue weighted by Crippen LogP contribution is -3.00. The van der Waals surface area contributed by atoms with Crippen LogP contribution in [0.4, 0.5) is 0 Å². The van der Waals surface area contributed by atoms with Crippen molar-refractivity contribution in [1.82, 2.24) is 0 Å². The fraction of sp³-hybridized carbons (Fsp3) is 1.00. The van der Waals surface area contributed by atoms with Gasteiger partial charge in [0.1, 0.15) is 0 Å². The quantitative estimate of drug-likeness (QED) is 0.0690. The van der Waals surface area contributed by atoms with Gasteiger partial charge in [0.15, 0.2) is 0 Å². The van der Waals surface area contributed by atoms with Crippen LogP contribution in [0, 0.1) is 0 Å². The predicted molar refractivity (Wildman–Crippen MR) is 158 cm³/mol. The molecule has 0 N–H and O–H groups in total. The van der Waals surface area contributed by atoms with Crippen LogP contribution < -0.4 is 12.4 Å². The van der Waals surface area contributed by atoms with Crippen molar-refractivity contribution in [3.8, 4) is 0 Å². The molecule has 35 heavy (non-hydrogen) atoms. The first-order valence-electron chi connectivity index (χ1n) is 16.4. The summed E-state index contributed by atoms with van der Waals surface area (Å²) in [7, 11) is 4.92. The molecule has 0 fully saturated rings. The molecular weight excluding hydrogens is 446 g/mol. The van der Waals surface area contributed by atoms with E-state index in [0.29, 0.717) is 0 Å². The summed E-state index contributed by atoms with van der Waals surface area (Å²) in [5.41, 5.74) is 0. The second-order valence-electron chi connectivity index (χ2n) is 12.2. The number of rotatable bonds is 29. The van der Waals surface area contributed by atoms with Crippen molar-refractivity contribution in [2.45, 2.75) is 187 Å². The van der Waals surface area contributed by atoms with E-state index in [-0.39, 0.29) is 12.4 Å². The number of hydrogen-bond acceptors (Lipinski definition) is 0. The van der Waals surface area contributed by atoms with Gasteiger partial charge >= 0.3 is 0 Å². The molecule has 0 aromatic carbocycles. The monoisotopic (exact) mass is 516 g/mol. The second kappa shape index (κ2) is 30.5. The van der Waals surface area contributed by atoms with Crippen LogP contribution >= 0.6 is 0 Å². The first-order chi connectivity index (χ1) is 16.6. The second-order valence-corrected chi connectivity index (χ2v) is 12.2. The third-order valence-electron chi connectivity index (χ3n) is 7.98. The van der Waals surface area contributed by atoms with Gasteiger partial charge in [-0.1, -0.05) is 162 Å². The van der Waals surface area contributed by atoms with Crippen LogP contribution in [0.5, 0.6) is 0 Å². The highest BCUT2D eigenvalue weighted by molar-refractivity contribution is 4.51. The predicted octanol–water partition coefficient (Wildman–Crippen LogP) is 8.64. The van der Waals surface area contributed by atoms with E-state index in [2.05, 4.69) is 27.9 Å². The highest BCUT2D eigenvalue weighted by atomic mass is 35.5. The molecule has 0 aromatic rings. The molecule has 0 aromatic heterocycles. The van der Waals surface area contributed by atoms with Gasteiger partial charge in [0.05, 0.1) is 27.2 Å². The van der Waals surface area contributed by atoms with Gasteiger partial charge in [-0.15, -0.1) is 0 Å². The minimum Gasteiger partial charge on any atom is -1.00 e. The van der Waals surface area contributed by atoms with E-state index in [1.54, 1.807) is 0 Å². The zero-order valence-electron chi connectivity index (χ0n) is 25.3. The summed E-state index contributed by atoms with van der Waals surface area (Å²) in [5.74, 6) is 0. The molecule has 1 nitrogen and oxygen atoms in total. The summed E-state index contributed by atoms with van der Waals surface area (Å²) in [6.07, 6.45) is 39.5. The van der Waals surface area contributed by atoms with Gasteiger partial charge in [0.2, 0.25) is 0 Å². The molecule has 0 bridgehead atoms. The van der Waals surface area contributed by atoms with Gasteiger partial charge < -0.3 is 16.9 Å². The lowest BCUT2D eigenvalue weighted by Gasteiger charge is -2.30. The summed E-state index contributed by atoms with van der Waals surface area (Å²) >= 11 is 0. The topological polar surface area (TPSA) is 0 Å². The van der Waals surface area contributed by atoms with E-state index in [1.807, 2.05) is 0 Å². The molecule has 2 heteroatoms. The van der Waals surface area contributed by atoms with Gasteiger partial charge in [0.25, 0.3) is 0 Å². The third kappa shape index (κ3) is 32.2. The highest BCUT2D eigenvalue weighted by Gasteiger charge is 2.13. The van der Waals surface area contributed by atoms with E-state index in [1.165, 1.54) is 191 Å². The van der Waals surface area contributed by atoms with Crippen molar-refractivity contribution >= 4 is 0 Å². The first-order valence-corrected chi connectivity index (χ1v) is 16.4. The number of halogens is 1. The maximum absolute atomic E-state index is 2.46. The zero-order chi connectivity index (χ0) is 25.0. The normalized spacial score (nSPS) is 11.7. The fourth-order valence-electron chi connectivity index (χ4n) is 5.40. The van der Waals surface area contributed by atoms with Crippen molar-refractivity contribution in [2.75, 3.05) is 27.2 Å². The first kappa shape index (κ1) is 37.4. The summed E-state index contributed by atoms with van der Waals surface area (Å²) in [6, 6.07) is 0. The Kier molecular flexibility index (Phi) is 32.6. The summed E-state index contributed by atoms with van der Waals surface area (Å²) < 4.78 is 1.25. The van der Waals surface area contributed by atoms with Crippen LogP contribution in [0.3, 0.4) is 0 Å². The van der Waals surface area contributed by atoms with Crippen molar-refractivity contribution in [1.29, 1.82) is 0 Å². The molecular formula is C33H70ClN. The minimum atomic E-state index is 0. The zero-order valence-corrected chi connectivity index (χ0v) is 26.1. The summed E-state index contributed by atoms with van der Waals surface area (Å²) in [6.45, 7) is 7.38. The maximum Gasteiger partial charge on any atom is 0.0782 e. The molecule has 214 valence electrons. The number of unbranched alkanes of at least 4 members (excludes halogenated alkanes) is 25. The van der Waals surface area contributed by atoms with Crippen LogP contribution in [-0.4, -0.2) is 31.7 Å². The van der Waals surface area contributed by atoms with Crippen LogP contribution in [0.15, 0.2) is 0 Å². The molecule has 0 aliphatic carbocycles. The van der Waals surface area contributed by atoms with Crippen LogP contribution in [0.2, 0.25) is 0 Å². The van der Waals surface area contributed by atoms with Gasteiger partial charge in [-0.05, 0) is 25.7 Å². The summed E-state index contributed by atoms with van der Waals surface area (Å²) in [4.78, 5) is 0. The van der Waals surface area contributed by atoms with Crippen molar-refractivity contribution in [3.63, 3.8) is 0 Å². The Morgan fingerprint density at radius 2 is 0.457 bits per heavy atom. The lowest BCUT2D eigenvalue weighted by molar-refractivity contribution is -0.890. The summed E-state index contributed by atoms with van der Waals surface area (Å²) in [5, 5.41) is 0. The Morgan fingerprint density at radius 1 is 0.286 bits per heavy atom. The average molecular weight is 516 g/mol. The van der Waals surface area contributed by atoms with E-state index in [9.17, 15) is 0 Å². The van der Waals surface area contributed by atoms with Crippen molar-refractivity contribution in [2.24, 2.45) is 0 Å². The fourth-order valence-corrected chi connectivity index (χ4v) is 5.40. The van der Waals surface area contributed by atoms with Crippen LogP contribution in [-0.2, 0) is 0 Å². The van der Waals surface area contributed by atoms with Crippen LogP contribution in [0.1, 0.15) is 187 Å². The molecule has 0 aliphatic heterocycles. The third-order valence-corrected chi connectivity index (χ3v) is 7.98. The van der Waals surface area contributed by atoms with E-state index in [0.717, 1.165) is 0 Å². The Balaban J connectivity index is 0. The van der Waals surface area contributed by atoms with E-state index >= 15 is 0 Å². The van der Waals surface area contributed by atoms with Gasteiger partial charge in [-0.3, -0.25) is 0 Å². The van der Waals surface area contributed by atoms with Gasteiger partial charge in [-0.2, -0.15) is 0 Å². The molecule has 0 amide bonds. The molecule has 0 aliphatic rings. The molecule has 0 unspecified atom stereocenters. The molecule has 0 atom stereocenters. The van der Waals surface area contributed by atoms with E-state index < -0.39 is 0 Å². The van der Waals surface area contributed by atoms with Crippen molar-refractivity contribution < 1.29 is 16.9 Å². The Hall–Kier alpha value is 0.250. The number of quaternary nitrogens is 1. The molecule has 0 saturated heterocycles. The molecule has 0 saturated carbocycles. The van der Waals surface area contributed by atoms with Crippen molar-refractivity contribution in [3.05, 3.63) is 0 Å². The highest BCUT2D eigenvalue weighted by Crippen LogP contribution is 2.15. The molecule has 0 heterocycles. The Labute approximate surface area is 231 Å². The SMILES string of the molecule is CCCCCCCCCCCCCCCCCCC[N+](C)(C)CCCCCCCCCCCC.[Cl-]. The largest absolute Gasteiger partial charge is 1.00 e. The Bertz CT molecular complexity index is 368. The standard InChI is InChI=1S/C33H70N.ClH/c1-5-7-9-11-13-15-17-18-19-20-21-22-23-25-27-29-31-33-34(3,4)32-30-28-26-24-16-14-12-10-8-6-2;/h5-33H2,1-4H3;1H/q+1;/p-1. The Morgan fingerprint density at radius 3 is 0.657 bits per heavy atom.